The van der Waals surface area contributed by atoms with E-state index < -0.39 is 0 Å². The van der Waals surface area contributed by atoms with Crippen molar-refractivity contribution >= 4 is 46.2 Å². The van der Waals surface area contributed by atoms with Crippen molar-refractivity contribution in [3.8, 4) is 0 Å². The van der Waals surface area contributed by atoms with Gasteiger partial charge in [0.05, 0.1) is 4.91 Å². The SMILES string of the molecule is Cc1ccc(C(=O)NN2C(=O)/C(=C\c3ccc(C(C)(C)C)cc3)SC2=S)cc1. The molecule has 4 nitrogen and oxygen atoms in total. The minimum atomic E-state index is -0.368. The fraction of sp³-hybridized carbons (Fsp3) is 0.227. The highest BCUT2D eigenvalue weighted by Gasteiger charge is 2.33. The van der Waals surface area contributed by atoms with Crippen molar-refractivity contribution in [2.24, 2.45) is 0 Å². The van der Waals surface area contributed by atoms with Gasteiger partial charge < -0.3 is 0 Å². The van der Waals surface area contributed by atoms with Gasteiger partial charge in [-0.25, -0.2) is 0 Å². The third kappa shape index (κ3) is 4.51. The molecule has 0 aliphatic carbocycles. The number of benzene rings is 2. The summed E-state index contributed by atoms with van der Waals surface area (Å²) in [6.07, 6.45) is 1.80. The zero-order valence-electron chi connectivity index (χ0n) is 16.3. The normalized spacial score (nSPS) is 16.0. The number of rotatable bonds is 3. The van der Waals surface area contributed by atoms with Crippen molar-refractivity contribution in [2.75, 3.05) is 0 Å². The smallest absolute Gasteiger partial charge is 0.267 e. The van der Waals surface area contributed by atoms with Crippen LogP contribution in [0.5, 0.6) is 0 Å². The second kappa shape index (κ2) is 7.89. The molecule has 1 N–H and O–H groups in total. The number of hydrazine groups is 1. The maximum absolute atomic E-state index is 12.7. The Morgan fingerprint density at radius 1 is 1.07 bits per heavy atom. The van der Waals surface area contributed by atoms with E-state index in [-0.39, 0.29) is 17.2 Å². The lowest BCUT2D eigenvalue weighted by molar-refractivity contribution is -0.123. The molecular weight excluding hydrogens is 388 g/mol. The van der Waals surface area contributed by atoms with Gasteiger partial charge in [-0.05, 0) is 53.9 Å². The number of hydrogen-bond acceptors (Lipinski definition) is 4. The van der Waals surface area contributed by atoms with Crippen LogP contribution in [0.15, 0.2) is 53.4 Å². The van der Waals surface area contributed by atoms with Crippen molar-refractivity contribution in [2.45, 2.75) is 33.1 Å². The van der Waals surface area contributed by atoms with Crippen LogP contribution in [0.4, 0.5) is 0 Å². The molecular formula is C22H22N2O2S2. The number of nitrogens with zero attached hydrogens (tertiary/aromatic N) is 1. The molecule has 1 fully saturated rings. The zero-order valence-corrected chi connectivity index (χ0v) is 17.9. The molecule has 0 bridgehead atoms. The molecule has 1 heterocycles. The van der Waals surface area contributed by atoms with E-state index in [1.165, 1.54) is 17.3 Å². The number of aryl methyl sites for hydroxylation is 1. The van der Waals surface area contributed by atoms with Gasteiger partial charge in [0.25, 0.3) is 11.8 Å². The molecule has 6 heteroatoms. The number of thioether (sulfide) groups is 1. The molecule has 1 aliphatic rings. The van der Waals surface area contributed by atoms with Crippen molar-refractivity contribution in [1.82, 2.24) is 10.4 Å². The molecule has 3 rings (SSSR count). The van der Waals surface area contributed by atoms with Crippen LogP contribution in [0.3, 0.4) is 0 Å². The van der Waals surface area contributed by atoms with Gasteiger partial charge >= 0.3 is 0 Å². The molecule has 2 aromatic rings. The van der Waals surface area contributed by atoms with E-state index in [0.717, 1.165) is 16.1 Å². The molecule has 0 spiro atoms. The van der Waals surface area contributed by atoms with Gasteiger partial charge in [-0.15, -0.1) is 0 Å². The summed E-state index contributed by atoms with van der Waals surface area (Å²) in [5.74, 6) is -0.692. The Morgan fingerprint density at radius 3 is 2.25 bits per heavy atom. The van der Waals surface area contributed by atoms with Crippen LogP contribution in [-0.2, 0) is 10.2 Å². The molecule has 2 aromatic carbocycles. The monoisotopic (exact) mass is 410 g/mol. The van der Waals surface area contributed by atoms with Crippen molar-refractivity contribution in [1.29, 1.82) is 0 Å². The molecule has 144 valence electrons. The average molecular weight is 411 g/mol. The first-order valence-corrected chi connectivity index (χ1v) is 10.1. The predicted molar refractivity (Wildman–Crippen MR) is 119 cm³/mol. The Morgan fingerprint density at radius 2 is 1.68 bits per heavy atom. The molecule has 0 saturated carbocycles. The van der Waals surface area contributed by atoms with Gasteiger partial charge in [-0.3, -0.25) is 15.0 Å². The number of thiocarbonyl (C=S) groups is 1. The summed E-state index contributed by atoms with van der Waals surface area (Å²) < 4.78 is 0.308. The van der Waals surface area contributed by atoms with Crippen molar-refractivity contribution in [3.05, 3.63) is 75.7 Å². The van der Waals surface area contributed by atoms with Crippen LogP contribution in [0, 0.1) is 6.92 Å². The maximum atomic E-state index is 12.7. The summed E-state index contributed by atoms with van der Waals surface area (Å²) in [7, 11) is 0. The Hall–Kier alpha value is -2.44. The summed E-state index contributed by atoms with van der Waals surface area (Å²) in [6, 6.07) is 15.2. The Balaban J connectivity index is 1.75. The molecule has 1 saturated heterocycles. The van der Waals surface area contributed by atoms with Crippen LogP contribution < -0.4 is 5.43 Å². The minimum Gasteiger partial charge on any atom is -0.267 e. The van der Waals surface area contributed by atoms with Crippen LogP contribution in [0.1, 0.15) is 47.8 Å². The lowest BCUT2D eigenvalue weighted by Gasteiger charge is -2.18. The highest BCUT2D eigenvalue weighted by atomic mass is 32.2. The lowest BCUT2D eigenvalue weighted by Crippen LogP contribution is -2.44. The number of carbonyl (C=O) groups excluding carboxylic acids is 2. The summed E-state index contributed by atoms with van der Waals surface area (Å²) in [4.78, 5) is 25.6. The summed E-state index contributed by atoms with van der Waals surface area (Å²) in [6.45, 7) is 8.42. The summed E-state index contributed by atoms with van der Waals surface area (Å²) in [5.41, 5.74) is 6.34. The largest absolute Gasteiger partial charge is 0.285 e. The Kier molecular flexibility index (Phi) is 5.72. The van der Waals surface area contributed by atoms with E-state index in [0.29, 0.717) is 14.8 Å². The second-order valence-corrected chi connectivity index (χ2v) is 9.37. The fourth-order valence-corrected chi connectivity index (χ4v) is 3.85. The molecule has 0 aromatic heterocycles. The fourth-order valence-electron chi connectivity index (χ4n) is 2.67. The molecule has 0 atom stereocenters. The zero-order chi connectivity index (χ0) is 20.5. The number of carbonyl (C=O) groups is 2. The molecule has 1 aliphatic heterocycles. The average Bonchev–Trinajstić information content (AvgIpc) is 2.89. The van der Waals surface area contributed by atoms with Gasteiger partial charge in [0.1, 0.15) is 0 Å². The minimum absolute atomic E-state index is 0.0717. The quantitative estimate of drug-likeness (QED) is 0.581. The highest BCUT2D eigenvalue weighted by Crippen LogP contribution is 2.32. The molecule has 2 amide bonds. The molecule has 0 radical (unpaired) electrons. The predicted octanol–water partition coefficient (Wildman–Crippen LogP) is 4.84. The van der Waals surface area contributed by atoms with Gasteiger partial charge in [-0.2, -0.15) is 5.01 Å². The van der Waals surface area contributed by atoms with E-state index >= 15 is 0 Å². The first-order chi connectivity index (χ1) is 13.1. The summed E-state index contributed by atoms with van der Waals surface area (Å²) in [5, 5.41) is 1.14. The van der Waals surface area contributed by atoms with E-state index in [1.54, 1.807) is 18.2 Å². The first kappa shape index (κ1) is 20.3. The first-order valence-electron chi connectivity index (χ1n) is 8.91. The Labute approximate surface area is 175 Å². The van der Waals surface area contributed by atoms with Crippen LogP contribution in [-0.4, -0.2) is 21.1 Å². The van der Waals surface area contributed by atoms with Gasteiger partial charge in [0.2, 0.25) is 0 Å². The van der Waals surface area contributed by atoms with Crippen LogP contribution in [0.25, 0.3) is 6.08 Å². The van der Waals surface area contributed by atoms with E-state index in [9.17, 15) is 9.59 Å². The van der Waals surface area contributed by atoms with Crippen LogP contribution in [0.2, 0.25) is 0 Å². The van der Waals surface area contributed by atoms with Crippen LogP contribution >= 0.6 is 24.0 Å². The number of amides is 2. The third-order valence-corrected chi connectivity index (χ3v) is 5.70. The topological polar surface area (TPSA) is 49.4 Å². The van der Waals surface area contributed by atoms with E-state index in [1.807, 2.05) is 31.2 Å². The number of hydrogen-bond donors (Lipinski definition) is 1. The van der Waals surface area contributed by atoms with Gasteiger partial charge in [-0.1, -0.05) is 74.5 Å². The third-order valence-electron chi connectivity index (χ3n) is 4.40. The standard InChI is InChI=1S/C22H22N2O2S2/c1-14-5-9-16(10-6-14)19(25)23-24-20(26)18(28-21(24)27)13-15-7-11-17(12-8-15)22(2,3)4/h5-13H,1-4H3,(H,23,25)/b18-13+. The van der Waals surface area contributed by atoms with Gasteiger partial charge in [0.15, 0.2) is 4.32 Å². The van der Waals surface area contributed by atoms with E-state index in [4.69, 9.17) is 12.2 Å². The number of nitrogens with one attached hydrogen (secondary N) is 1. The molecule has 28 heavy (non-hydrogen) atoms. The lowest BCUT2D eigenvalue weighted by atomic mass is 9.87. The maximum Gasteiger partial charge on any atom is 0.285 e. The van der Waals surface area contributed by atoms with E-state index in [2.05, 4.69) is 38.3 Å². The van der Waals surface area contributed by atoms with Crippen molar-refractivity contribution < 1.29 is 9.59 Å². The van der Waals surface area contributed by atoms with Gasteiger partial charge in [0, 0.05) is 5.56 Å². The Bertz CT molecular complexity index is 956. The summed E-state index contributed by atoms with van der Waals surface area (Å²) >= 11 is 6.46. The second-order valence-electron chi connectivity index (χ2n) is 7.70. The highest BCUT2D eigenvalue weighted by molar-refractivity contribution is 8.26. The molecule has 0 unspecified atom stereocenters. The van der Waals surface area contributed by atoms with Crippen molar-refractivity contribution in [3.63, 3.8) is 0 Å².